The van der Waals surface area contributed by atoms with Gasteiger partial charge in [-0.15, -0.1) is 0 Å². The predicted molar refractivity (Wildman–Crippen MR) is 157 cm³/mol. The van der Waals surface area contributed by atoms with E-state index in [4.69, 9.17) is 4.74 Å². The molecule has 0 bridgehead atoms. The monoisotopic (exact) mass is 581 g/mol. The van der Waals surface area contributed by atoms with Crippen LogP contribution in [0.2, 0.25) is 0 Å². The van der Waals surface area contributed by atoms with Crippen molar-refractivity contribution in [1.29, 1.82) is 0 Å². The van der Waals surface area contributed by atoms with E-state index in [9.17, 15) is 18.8 Å². The van der Waals surface area contributed by atoms with E-state index >= 15 is 4.39 Å². The fraction of sp³-hybridized carbons (Fsp3) is 0.125. The van der Waals surface area contributed by atoms with E-state index in [1.807, 2.05) is 24.3 Å². The van der Waals surface area contributed by atoms with Crippen LogP contribution < -0.4 is 20.7 Å². The molecular formula is C32H25F2N5O4. The van der Waals surface area contributed by atoms with Gasteiger partial charge in [-0.1, -0.05) is 12.1 Å². The number of aromatic nitrogens is 2. The highest BCUT2D eigenvalue weighted by atomic mass is 19.1. The van der Waals surface area contributed by atoms with Crippen molar-refractivity contribution in [1.82, 2.24) is 9.61 Å². The molecule has 0 aliphatic heterocycles. The van der Waals surface area contributed by atoms with Crippen LogP contribution in [0, 0.1) is 17.0 Å². The largest absolute Gasteiger partial charge is 0.452 e. The third-order valence-electron chi connectivity index (χ3n) is 7.14. The Balaban J connectivity index is 1.20. The predicted octanol–water partition coefficient (Wildman–Crippen LogP) is 6.39. The highest BCUT2D eigenvalue weighted by molar-refractivity contribution is 6.16. The summed E-state index contributed by atoms with van der Waals surface area (Å²) in [5.74, 6) is -2.18. The smallest absolute Gasteiger partial charge is 0.240 e. The maximum absolute atomic E-state index is 15.3. The number of amides is 3. The molecule has 1 aliphatic rings. The summed E-state index contributed by atoms with van der Waals surface area (Å²) in [5, 5.41) is 12.3. The number of fused-ring (bicyclic) bond motifs is 1. The molecule has 3 N–H and O–H groups in total. The number of rotatable bonds is 8. The van der Waals surface area contributed by atoms with Gasteiger partial charge in [0.1, 0.15) is 16.7 Å². The van der Waals surface area contributed by atoms with Crippen molar-refractivity contribution in [3.63, 3.8) is 0 Å². The van der Waals surface area contributed by atoms with Gasteiger partial charge in [0.25, 0.3) is 0 Å². The summed E-state index contributed by atoms with van der Waals surface area (Å²) in [6, 6.07) is 20.0. The van der Waals surface area contributed by atoms with Gasteiger partial charge in [0.15, 0.2) is 17.3 Å². The second-order valence-electron chi connectivity index (χ2n) is 10.2. The topological polar surface area (TPSA) is 114 Å². The number of carbonyl (C=O) groups is 3. The fourth-order valence-corrected chi connectivity index (χ4v) is 4.80. The molecule has 0 unspecified atom stereocenters. The van der Waals surface area contributed by atoms with Crippen molar-refractivity contribution in [2.75, 3.05) is 16.0 Å². The van der Waals surface area contributed by atoms with Crippen molar-refractivity contribution in [3.05, 3.63) is 103 Å². The van der Waals surface area contributed by atoms with Crippen molar-refractivity contribution in [2.45, 2.75) is 19.8 Å². The second-order valence-corrected chi connectivity index (χ2v) is 10.2. The Hall–Kier alpha value is -5.58. The molecule has 43 heavy (non-hydrogen) atoms. The first-order valence-electron chi connectivity index (χ1n) is 13.4. The van der Waals surface area contributed by atoms with Gasteiger partial charge in [-0.3, -0.25) is 14.4 Å². The molecule has 1 saturated carbocycles. The van der Waals surface area contributed by atoms with Gasteiger partial charge in [0.2, 0.25) is 17.7 Å². The SMILES string of the molecule is CC(=O)Nc1cccc(-c2ccn3nccc(Oc4ccc(NC(=O)C5(C(=O)Nc6ccc(F)cc6)CC5)cc4F)c23)c1. The lowest BCUT2D eigenvalue weighted by Crippen LogP contribution is -2.35. The minimum Gasteiger partial charge on any atom is -0.452 e. The molecule has 0 atom stereocenters. The van der Waals surface area contributed by atoms with Crippen molar-refractivity contribution in [3.8, 4) is 22.6 Å². The molecule has 5 aromatic rings. The fourth-order valence-electron chi connectivity index (χ4n) is 4.80. The number of carbonyl (C=O) groups excluding carboxylic acids is 3. The van der Waals surface area contributed by atoms with Crippen molar-refractivity contribution in [2.24, 2.45) is 5.41 Å². The summed E-state index contributed by atoms with van der Waals surface area (Å²) >= 11 is 0. The van der Waals surface area contributed by atoms with E-state index in [0.29, 0.717) is 35.5 Å². The van der Waals surface area contributed by atoms with Gasteiger partial charge in [-0.2, -0.15) is 5.10 Å². The van der Waals surface area contributed by atoms with Crippen LogP contribution in [0.4, 0.5) is 25.8 Å². The molecule has 3 amide bonds. The van der Waals surface area contributed by atoms with Crippen LogP contribution in [-0.2, 0) is 14.4 Å². The zero-order valence-electron chi connectivity index (χ0n) is 22.9. The maximum atomic E-state index is 15.3. The molecule has 0 spiro atoms. The van der Waals surface area contributed by atoms with E-state index in [1.165, 1.54) is 49.5 Å². The minimum absolute atomic E-state index is 0.0829. The molecule has 2 aromatic heterocycles. The van der Waals surface area contributed by atoms with Crippen LogP contribution in [0.15, 0.2) is 91.3 Å². The first-order chi connectivity index (χ1) is 20.7. The Labute approximate surface area is 244 Å². The summed E-state index contributed by atoms with van der Waals surface area (Å²) in [6.45, 7) is 1.43. The lowest BCUT2D eigenvalue weighted by molar-refractivity contribution is -0.131. The lowest BCUT2D eigenvalue weighted by atomic mass is 10.0. The van der Waals surface area contributed by atoms with Crippen LogP contribution in [0.25, 0.3) is 16.6 Å². The summed E-state index contributed by atoms with van der Waals surface area (Å²) in [7, 11) is 0. The first kappa shape index (κ1) is 27.6. The van der Waals surface area contributed by atoms with Gasteiger partial charge in [0, 0.05) is 47.9 Å². The first-order valence-corrected chi connectivity index (χ1v) is 13.4. The second kappa shape index (κ2) is 11.0. The Morgan fingerprint density at radius 2 is 1.51 bits per heavy atom. The zero-order valence-corrected chi connectivity index (χ0v) is 22.9. The molecule has 9 nitrogen and oxygen atoms in total. The van der Waals surface area contributed by atoms with Gasteiger partial charge in [0.05, 0.1) is 6.20 Å². The van der Waals surface area contributed by atoms with Gasteiger partial charge in [-0.05, 0) is 73.0 Å². The number of nitrogens with zero attached hydrogens (tertiary/aromatic N) is 2. The highest BCUT2D eigenvalue weighted by Crippen LogP contribution is 2.47. The molecule has 216 valence electrons. The third-order valence-corrected chi connectivity index (χ3v) is 7.14. The quantitative estimate of drug-likeness (QED) is 0.184. The molecule has 0 radical (unpaired) electrons. The summed E-state index contributed by atoms with van der Waals surface area (Å²) in [5.41, 5.74) is 2.01. The van der Waals surface area contributed by atoms with Crippen LogP contribution in [0.3, 0.4) is 0 Å². The summed E-state index contributed by atoms with van der Waals surface area (Å²) in [4.78, 5) is 37.4. The van der Waals surface area contributed by atoms with E-state index in [2.05, 4.69) is 21.0 Å². The molecule has 0 saturated heterocycles. The maximum Gasteiger partial charge on any atom is 0.240 e. The van der Waals surface area contributed by atoms with E-state index < -0.39 is 28.9 Å². The van der Waals surface area contributed by atoms with Gasteiger partial charge >= 0.3 is 0 Å². The van der Waals surface area contributed by atoms with E-state index in [0.717, 1.165) is 17.2 Å². The van der Waals surface area contributed by atoms with Crippen molar-refractivity contribution >= 4 is 40.3 Å². The van der Waals surface area contributed by atoms with E-state index in [1.54, 1.807) is 22.8 Å². The normalized spacial score (nSPS) is 13.3. The number of halogens is 2. The van der Waals surface area contributed by atoms with Gasteiger partial charge in [-0.25, -0.2) is 13.3 Å². The van der Waals surface area contributed by atoms with Crippen molar-refractivity contribution < 1.29 is 27.9 Å². The highest BCUT2D eigenvalue weighted by Gasteiger charge is 2.56. The van der Waals surface area contributed by atoms with Crippen LogP contribution in [-0.4, -0.2) is 27.3 Å². The zero-order chi connectivity index (χ0) is 30.1. The average Bonchev–Trinajstić information content (AvgIpc) is 3.69. The number of benzene rings is 3. The third kappa shape index (κ3) is 5.65. The number of nitrogens with one attached hydrogen (secondary N) is 3. The van der Waals surface area contributed by atoms with Crippen LogP contribution >= 0.6 is 0 Å². The molecular weight excluding hydrogens is 556 g/mol. The molecule has 1 aliphatic carbocycles. The summed E-state index contributed by atoms with van der Waals surface area (Å²) < 4.78 is 36.0. The number of hydrogen-bond acceptors (Lipinski definition) is 5. The van der Waals surface area contributed by atoms with Crippen LogP contribution in [0.5, 0.6) is 11.5 Å². The molecule has 3 aromatic carbocycles. The molecule has 6 rings (SSSR count). The van der Waals surface area contributed by atoms with Crippen LogP contribution in [0.1, 0.15) is 19.8 Å². The Morgan fingerprint density at radius 3 is 2.21 bits per heavy atom. The minimum atomic E-state index is -1.29. The summed E-state index contributed by atoms with van der Waals surface area (Å²) in [6.07, 6.45) is 3.94. The Morgan fingerprint density at radius 1 is 0.814 bits per heavy atom. The lowest BCUT2D eigenvalue weighted by Gasteiger charge is -2.16. The Bertz CT molecular complexity index is 1880. The Kier molecular flexibility index (Phi) is 7.06. The molecule has 2 heterocycles. The molecule has 1 fully saturated rings. The average molecular weight is 582 g/mol. The number of hydrogen-bond donors (Lipinski definition) is 3. The number of anilines is 3. The standard InChI is InChI=1S/C32H25F2N5O4/c1-19(40)36-23-4-2-3-20(17-23)25-12-16-39-29(25)28(11-15-35-39)43-27-10-9-24(18-26(27)34)38-31(42)32(13-14-32)30(41)37-22-7-5-21(33)6-8-22/h2-12,15-18H,13-14H2,1H3,(H,36,40)(H,37,41)(H,38,42). The van der Waals surface area contributed by atoms with Gasteiger partial charge < -0.3 is 20.7 Å². The van der Waals surface area contributed by atoms with E-state index in [-0.39, 0.29) is 17.3 Å². The molecule has 11 heteroatoms. The number of ether oxygens (including phenoxy) is 1.